The van der Waals surface area contributed by atoms with Crippen molar-refractivity contribution in [3.63, 3.8) is 0 Å². The Hall–Kier alpha value is -2.31. The second-order valence-corrected chi connectivity index (χ2v) is 8.64. The Labute approximate surface area is 179 Å². The summed E-state index contributed by atoms with van der Waals surface area (Å²) in [6.07, 6.45) is 4.25. The minimum atomic E-state index is -0.369. The molecule has 0 aliphatic heterocycles. The highest BCUT2D eigenvalue weighted by Gasteiger charge is 2.22. The molecule has 1 amide bonds. The zero-order chi connectivity index (χ0) is 22.3. The maximum absolute atomic E-state index is 13.1. The standard InChI is InChI=1S/C24H34FN3O2/c1-16-12-19(13-17(2)18(16)3)14-20(23(29)28-30)8-6-7-11-27-24(4,5)22-10-9-21(25)15-26-22/h9-10,12-13,15,20,27,30H,6-8,11,14H2,1-5H3,(H,28,29)/t20-/m0/s1. The molecule has 0 spiro atoms. The molecule has 1 heterocycles. The topological polar surface area (TPSA) is 74.2 Å². The van der Waals surface area contributed by atoms with Gasteiger partial charge < -0.3 is 5.32 Å². The Balaban J connectivity index is 1.88. The Bertz CT molecular complexity index is 827. The molecule has 0 aliphatic rings. The van der Waals surface area contributed by atoms with Crippen LogP contribution >= 0.6 is 0 Å². The molecule has 2 rings (SSSR count). The fourth-order valence-electron chi connectivity index (χ4n) is 3.70. The largest absolute Gasteiger partial charge is 0.307 e. The van der Waals surface area contributed by atoms with Crippen LogP contribution in [-0.4, -0.2) is 22.6 Å². The highest BCUT2D eigenvalue weighted by molar-refractivity contribution is 5.77. The molecule has 6 heteroatoms. The van der Waals surface area contributed by atoms with Crippen molar-refractivity contribution in [2.24, 2.45) is 5.92 Å². The smallest absolute Gasteiger partial charge is 0.246 e. The first-order valence-electron chi connectivity index (χ1n) is 10.5. The van der Waals surface area contributed by atoms with Gasteiger partial charge in [-0.25, -0.2) is 9.87 Å². The summed E-state index contributed by atoms with van der Waals surface area (Å²) >= 11 is 0. The molecule has 3 N–H and O–H groups in total. The number of carbonyl (C=O) groups is 1. The quantitative estimate of drug-likeness (QED) is 0.303. The number of hydrogen-bond acceptors (Lipinski definition) is 4. The zero-order valence-corrected chi connectivity index (χ0v) is 18.7. The van der Waals surface area contributed by atoms with Crippen molar-refractivity contribution in [3.05, 3.63) is 64.2 Å². The van der Waals surface area contributed by atoms with Crippen LogP contribution in [0.2, 0.25) is 0 Å². The van der Waals surface area contributed by atoms with E-state index in [-0.39, 0.29) is 23.2 Å². The lowest BCUT2D eigenvalue weighted by Gasteiger charge is -2.26. The van der Waals surface area contributed by atoms with Crippen LogP contribution in [0.4, 0.5) is 4.39 Å². The van der Waals surface area contributed by atoms with Gasteiger partial charge in [0.25, 0.3) is 0 Å². The van der Waals surface area contributed by atoms with Crippen LogP contribution in [0.15, 0.2) is 30.5 Å². The van der Waals surface area contributed by atoms with Crippen molar-refractivity contribution in [1.82, 2.24) is 15.8 Å². The first-order chi connectivity index (χ1) is 14.1. The van der Waals surface area contributed by atoms with E-state index in [0.29, 0.717) is 12.8 Å². The van der Waals surface area contributed by atoms with Crippen molar-refractivity contribution >= 4 is 5.91 Å². The first-order valence-corrected chi connectivity index (χ1v) is 10.5. The summed E-state index contributed by atoms with van der Waals surface area (Å²) in [5, 5.41) is 12.6. The van der Waals surface area contributed by atoms with E-state index in [4.69, 9.17) is 5.21 Å². The molecule has 0 radical (unpaired) electrons. The lowest BCUT2D eigenvalue weighted by atomic mass is 9.90. The lowest BCUT2D eigenvalue weighted by molar-refractivity contribution is -0.133. The van der Waals surface area contributed by atoms with Crippen molar-refractivity contribution in [3.8, 4) is 0 Å². The molecule has 1 atom stereocenters. The third-order valence-electron chi connectivity index (χ3n) is 5.86. The van der Waals surface area contributed by atoms with Crippen molar-refractivity contribution in [1.29, 1.82) is 0 Å². The third kappa shape index (κ3) is 6.61. The van der Waals surface area contributed by atoms with Gasteiger partial charge in [-0.05, 0) is 94.8 Å². The number of nitrogens with zero attached hydrogens (tertiary/aromatic N) is 1. The SMILES string of the molecule is Cc1cc(C[C@H](CCCCNC(C)(C)c2ccc(F)cn2)C(=O)NO)cc(C)c1C. The maximum Gasteiger partial charge on any atom is 0.246 e. The molecule has 0 bridgehead atoms. The molecular formula is C24H34FN3O2. The normalized spacial score (nSPS) is 12.6. The van der Waals surface area contributed by atoms with Gasteiger partial charge in [-0.1, -0.05) is 18.6 Å². The Morgan fingerprint density at radius 1 is 1.17 bits per heavy atom. The van der Waals surface area contributed by atoms with E-state index in [1.807, 2.05) is 19.3 Å². The maximum atomic E-state index is 13.1. The summed E-state index contributed by atoms with van der Waals surface area (Å²) in [4.78, 5) is 16.3. The van der Waals surface area contributed by atoms with Gasteiger partial charge in [0.2, 0.25) is 5.91 Å². The van der Waals surface area contributed by atoms with Crippen LogP contribution in [0.25, 0.3) is 0 Å². The number of nitrogens with one attached hydrogen (secondary N) is 2. The average molecular weight is 416 g/mol. The van der Waals surface area contributed by atoms with E-state index in [2.05, 4.69) is 43.2 Å². The van der Waals surface area contributed by atoms with Crippen LogP contribution in [0.3, 0.4) is 0 Å². The predicted octanol–water partition coefficient (Wildman–Crippen LogP) is 4.51. The van der Waals surface area contributed by atoms with E-state index in [1.165, 1.54) is 29.0 Å². The number of aryl methyl sites for hydroxylation is 2. The van der Waals surface area contributed by atoms with Gasteiger partial charge in [0.15, 0.2) is 0 Å². The van der Waals surface area contributed by atoms with E-state index in [9.17, 15) is 9.18 Å². The first kappa shape index (κ1) is 24.0. The number of benzene rings is 1. The van der Waals surface area contributed by atoms with Gasteiger partial charge in [-0.3, -0.25) is 15.0 Å². The van der Waals surface area contributed by atoms with E-state index in [1.54, 1.807) is 6.07 Å². The van der Waals surface area contributed by atoms with Crippen LogP contribution in [0.5, 0.6) is 0 Å². The zero-order valence-electron chi connectivity index (χ0n) is 18.7. The molecule has 0 aliphatic carbocycles. The monoisotopic (exact) mass is 415 g/mol. The molecule has 30 heavy (non-hydrogen) atoms. The summed E-state index contributed by atoms with van der Waals surface area (Å²) in [6.45, 7) is 11.0. The van der Waals surface area contributed by atoms with Crippen molar-refractivity contribution < 1.29 is 14.4 Å². The van der Waals surface area contributed by atoms with Crippen LogP contribution < -0.4 is 10.8 Å². The predicted molar refractivity (Wildman–Crippen MR) is 117 cm³/mol. The van der Waals surface area contributed by atoms with Crippen molar-refractivity contribution in [2.75, 3.05) is 6.54 Å². The van der Waals surface area contributed by atoms with Gasteiger partial charge in [0.05, 0.1) is 17.4 Å². The molecule has 0 unspecified atom stereocenters. The fourth-order valence-corrected chi connectivity index (χ4v) is 3.70. The molecule has 164 valence electrons. The van der Waals surface area contributed by atoms with Crippen LogP contribution in [0, 0.1) is 32.5 Å². The molecule has 1 aromatic heterocycles. The number of pyridine rings is 1. The molecule has 0 saturated carbocycles. The number of hydrogen-bond donors (Lipinski definition) is 3. The number of carbonyl (C=O) groups excluding carboxylic acids is 1. The molecular weight excluding hydrogens is 381 g/mol. The van der Waals surface area contributed by atoms with Gasteiger partial charge in [-0.15, -0.1) is 0 Å². The van der Waals surface area contributed by atoms with E-state index in [0.717, 1.165) is 30.6 Å². The molecule has 5 nitrogen and oxygen atoms in total. The van der Waals surface area contributed by atoms with Gasteiger partial charge in [0, 0.05) is 5.92 Å². The summed E-state index contributed by atoms with van der Waals surface area (Å²) in [6, 6.07) is 7.35. The summed E-state index contributed by atoms with van der Waals surface area (Å²) in [7, 11) is 0. The second kappa shape index (κ2) is 10.6. The van der Waals surface area contributed by atoms with Crippen LogP contribution in [0.1, 0.15) is 61.1 Å². The third-order valence-corrected chi connectivity index (χ3v) is 5.86. The van der Waals surface area contributed by atoms with E-state index < -0.39 is 0 Å². The molecule has 2 aromatic rings. The lowest BCUT2D eigenvalue weighted by Crippen LogP contribution is -2.38. The highest BCUT2D eigenvalue weighted by Crippen LogP contribution is 2.22. The number of halogens is 1. The van der Waals surface area contributed by atoms with E-state index >= 15 is 0 Å². The number of amides is 1. The number of rotatable bonds is 10. The van der Waals surface area contributed by atoms with Gasteiger partial charge in [0.1, 0.15) is 5.82 Å². The average Bonchev–Trinajstić information content (AvgIpc) is 2.70. The number of hydroxylamine groups is 1. The number of aromatic nitrogens is 1. The molecule has 0 saturated heterocycles. The molecule has 0 fully saturated rings. The minimum Gasteiger partial charge on any atom is -0.307 e. The second-order valence-electron chi connectivity index (χ2n) is 8.64. The minimum absolute atomic E-state index is 0.275. The Morgan fingerprint density at radius 3 is 2.40 bits per heavy atom. The molecule has 1 aromatic carbocycles. The highest BCUT2D eigenvalue weighted by atomic mass is 19.1. The van der Waals surface area contributed by atoms with Crippen LogP contribution in [-0.2, 0) is 16.8 Å². The Kier molecular flexibility index (Phi) is 8.50. The van der Waals surface area contributed by atoms with Gasteiger partial charge in [-0.2, -0.15) is 0 Å². The summed E-state index contributed by atoms with van der Waals surface area (Å²) in [5.74, 6) is -0.959. The Morgan fingerprint density at radius 2 is 1.83 bits per heavy atom. The van der Waals surface area contributed by atoms with Crippen molar-refractivity contribution in [2.45, 2.75) is 65.8 Å². The summed E-state index contributed by atoms with van der Waals surface area (Å²) in [5.41, 5.74) is 7.06. The summed E-state index contributed by atoms with van der Waals surface area (Å²) < 4.78 is 13.1. The van der Waals surface area contributed by atoms with Gasteiger partial charge >= 0.3 is 0 Å². The fraction of sp³-hybridized carbons (Fsp3) is 0.500. The number of unbranched alkanes of at least 4 members (excludes halogenated alkanes) is 1.